The first-order valence-corrected chi connectivity index (χ1v) is 7.04. The number of fused-ring (bicyclic) bond motifs is 1. The first kappa shape index (κ1) is 14.3. The average Bonchev–Trinajstić information content (AvgIpc) is 2.46. The van der Waals surface area contributed by atoms with E-state index in [1.165, 1.54) is 0 Å². The summed E-state index contributed by atoms with van der Waals surface area (Å²) in [6.07, 6.45) is 2.04. The normalized spacial score (nSPS) is 12.2. The van der Waals surface area contributed by atoms with Crippen LogP contribution in [0, 0.1) is 0 Å². The first-order valence-electron chi connectivity index (χ1n) is 7.04. The Bertz CT molecular complexity index is 610. The maximum absolute atomic E-state index is 12.4. The molecule has 1 aromatic heterocycles. The molecule has 4 heteroatoms. The second-order valence-electron chi connectivity index (χ2n) is 4.99. The Balaban J connectivity index is 2.39. The van der Waals surface area contributed by atoms with Crippen LogP contribution in [0.2, 0.25) is 0 Å². The summed E-state index contributed by atoms with van der Waals surface area (Å²) < 4.78 is 0. The van der Waals surface area contributed by atoms with E-state index in [1.54, 1.807) is 13.1 Å². The summed E-state index contributed by atoms with van der Waals surface area (Å²) in [4.78, 5) is 16.9. The molecule has 2 aromatic rings. The van der Waals surface area contributed by atoms with Gasteiger partial charge >= 0.3 is 0 Å². The van der Waals surface area contributed by atoms with Crippen molar-refractivity contribution < 1.29 is 4.79 Å². The van der Waals surface area contributed by atoms with Gasteiger partial charge in [-0.05, 0) is 25.5 Å². The van der Waals surface area contributed by atoms with E-state index < -0.39 is 0 Å². The molecule has 4 nitrogen and oxygen atoms in total. The van der Waals surface area contributed by atoms with Crippen molar-refractivity contribution in [3.63, 3.8) is 0 Å². The minimum absolute atomic E-state index is 0.0407. The predicted octanol–water partition coefficient (Wildman–Crippen LogP) is 3.19. The fourth-order valence-corrected chi connectivity index (χ4v) is 2.30. The van der Waals surface area contributed by atoms with Crippen molar-refractivity contribution in [3.8, 4) is 0 Å². The minimum Gasteiger partial charge on any atom is -0.373 e. The fraction of sp³-hybridized carbons (Fsp3) is 0.375. The van der Waals surface area contributed by atoms with Crippen LogP contribution < -0.4 is 10.6 Å². The predicted molar refractivity (Wildman–Crippen MR) is 83.1 cm³/mol. The van der Waals surface area contributed by atoms with E-state index in [0.717, 1.165) is 23.7 Å². The van der Waals surface area contributed by atoms with Crippen LogP contribution >= 0.6 is 0 Å². The van der Waals surface area contributed by atoms with E-state index in [1.807, 2.05) is 31.2 Å². The van der Waals surface area contributed by atoms with Crippen molar-refractivity contribution in [2.45, 2.75) is 32.7 Å². The van der Waals surface area contributed by atoms with Gasteiger partial charge in [0.1, 0.15) is 5.82 Å². The van der Waals surface area contributed by atoms with Crippen LogP contribution in [0.15, 0.2) is 30.3 Å². The number of rotatable bonds is 5. The summed E-state index contributed by atoms with van der Waals surface area (Å²) in [6, 6.07) is 9.68. The number of carbonyl (C=O) groups is 1. The van der Waals surface area contributed by atoms with Gasteiger partial charge in [-0.2, -0.15) is 0 Å². The van der Waals surface area contributed by atoms with Crippen molar-refractivity contribution >= 4 is 22.6 Å². The molecular weight excluding hydrogens is 250 g/mol. The van der Waals surface area contributed by atoms with Crippen LogP contribution in [0.25, 0.3) is 10.9 Å². The summed E-state index contributed by atoms with van der Waals surface area (Å²) in [6.45, 7) is 4.15. The lowest BCUT2D eigenvalue weighted by atomic mass is 10.1. The fourth-order valence-electron chi connectivity index (χ4n) is 2.30. The summed E-state index contributed by atoms with van der Waals surface area (Å²) in [5.41, 5.74) is 1.50. The van der Waals surface area contributed by atoms with Crippen molar-refractivity contribution in [2.24, 2.45) is 0 Å². The third-order valence-corrected chi connectivity index (χ3v) is 3.32. The Morgan fingerprint density at radius 2 is 2.10 bits per heavy atom. The van der Waals surface area contributed by atoms with Crippen LogP contribution in [0.3, 0.4) is 0 Å². The van der Waals surface area contributed by atoms with Gasteiger partial charge in [0.25, 0.3) is 5.91 Å². The quantitative estimate of drug-likeness (QED) is 0.878. The molecule has 2 rings (SSSR count). The molecule has 0 aliphatic heterocycles. The number of carbonyl (C=O) groups excluding carboxylic acids is 1. The van der Waals surface area contributed by atoms with Crippen LogP contribution in [0.5, 0.6) is 0 Å². The van der Waals surface area contributed by atoms with Gasteiger partial charge in [-0.1, -0.05) is 31.5 Å². The van der Waals surface area contributed by atoms with Gasteiger partial charge in [0.2, 0.25) is 0 Å². The lowest BCUT2D eigenvalue weighted by Gasteiger charge is -2.14. The molecule has 0 fully saturated rings. The highest BCUT2D eigenvalue weighted by atomic mass is 16.1. The molecule has 0 spiro atoms. The average molecular weight is 271 g/mol. The van der Waals surface area contributed by atoms with E-state index >= 15 is 0 Å². The van der Waals surface area contributed by atoms with Gasteiger partial charge in [0, 0.05) is 18.5 Å². The number of para-hydroxylation sites is 1. The molecule has 0 aliphatic carbocycles. The van der Waals surface area contributed by atoms with Gasteiger partial charge in [-0.15, -0.1) is 0 Å². The Kier molecular flexibility index (Phi) is 4.56. The molecule has 0 aliphatic rings. The second kappa shape index (κ2) is 6.37. The zero-order valence-electron chi connectivity index (χ0n) is 12.2. The van der Waals surface area contributed by atoms with E-state index in [9.17, 15) is 4.79 Å². The van der Waals surface area contributed by atoms with Crippen LogP contribution in [0.1, 0.15) is 37.0 Å². The maximum atomic E-state index is 12.4. The molecular formula is C16H21N3O. The largest absolute Gasteiger partial charge is 0.373 e. The standard InChI is InChI=1S/C16H21N3O/c1-4-7-11(2)18-16(20)13-10-15(17-3)19-14-9-6-5-8-12(13)14/h5-6,8-11H,4,7H2,1-3H3,(H,17,19)(H,18,20). The SMILES string of the molecule is CCCC(C)NC(=O)c1cc(NC)nc2ccccc12. The monoisotopic (exact) mass is 271 g/mol. The van der Waals surface area contributed by atoms with Crippen molar-refractivity contribution in [1.82, 2.24) is 10.3 Å². The molecule has 1 unspecified atom stereocenters. The number of hydrogen-bond donors (Lipinski definition) is 2. The van der Waals surface area contributed by atoms with Gasteiger partial charge in [-0.25, -0.2) is 4.98 Å². The molecule has 1 amide bonds. The van der Waals surface area contributed by atoms with Crippen LogP contribution in [-0.2, 0) is 0 Å². The molecule has 106 valence electrons. The van der Waals surface area contributed by atoms with Crippen molar-refractivity contribution in [2.75, 3.05) is 12.4 Å². The Hall–Kier alpha value is -2.10. The zero-order valence-corrected chi connectivity index (χ0v) is 12.2. The molecule has 0 saturated carbocycles. The number of benzene rings is 1. The number of amides is 1. The highest BCUT2D eigenvalue weighted by Crippen LogP contribution is 2.20. The summed E-state index contributed by atoms with van der Waals surface area (Å²) >= 11 is 0. The highest BCUT2D eigenvalue weighted by molar-refractivity contribution is 6.07. The molecule has 0 saturated heterocycles. The molecule has 1 atom stereocenters. The topological polar surface area (TPSA) is 54.0 Å². The summed E-state index contributed by atoms with van der Waals surface area (Å²) in [7, 11) is 1.80. The smallest absolute Gasteiger partial charge is 0.252 e. The van der Waals surface area contributed by atoms with Crippen LogP contribution in [0.4, 0.5) is 5.82 Å². The number of pyridine rings is 1. The lowest BCUT2D eigenvalue weighted by Crippen LogP contribution is -2.32. The third kappa shape index (κ3) is 3.07. The molecule has 1 heterocycles. The Labute approximate surface area is 119 Å². The lowest BCUT2D eigenvalue weighted by molar-refractivity contribution is 0.0940. The third-order valence-electron chi connectivity index (χ3n) is 3.32. The molecule has 0 radical (unpaired) electrons. The second-order valence-corrected chi connectivity index (χ2v) is 4.99. The highest BCUT2D eigenvalue weighted by Gasteiger charge is 2.14. The molecule has 20 heavy (non-hydrogen) atoms. The summed E-state index contributed by atoms with van der Waals surface area (Å²) in [5.74, 6) is 0.665. The van der Waals surface area contributed by atoms with Gasteiger partial charge in [0.15, 0.2) is 0 Å². The number of aromatic nitrogens is 1. The van der Waals surface area contributed by atoms with E-state index in [-0.39, 0.29) is 11.9 Å². The number of nitrogens with zero attached hydrogens (tertiary/aromatic N) is 1. The molecule has 0 bridgehead atoms. The van der Waals surface area contributed by atoms with Crippen molar-refractivity contribution in [1.29, 1.82) is 0 Å². The van der Waals surface area contributed by atoms with Crippen molar-refractivity contribution in [3.05, 3.63) is 35.9 Å². The Morgan fingerprint density at radius 3 is 2.80 bits per heavy atom. The number of anilines is 1. The van der Waals surface area contributed by atoms with Gasteiger partial charge in [-0.3, -0.25) is 4.79 Å². The first-order chi connectivity index (χ1) is 9.65. The molecule has 2 N–H and O–H groups in total. The summed E-state index contributed by atoms with van der Waals surface area (Å²) in [5, 5.41) is 6.93. The van der Waals surface area contributed by atoms with Crippen LogP contribution in [-0.4, -0.2) is 24.0 Å². The Morgan fingerprint density at radius 1 is 1.35 bits per heavy atom. The zero-order chi connectivity index (χ0) is 14.5. The van der Waals surface area contributed by atoms with E-state index in [0.29, 0.717) is 11.4 Å². The van der Waals surface area contributed by atoms with Gasteiger partial charge in [0.05, 0.1) is 11.1 Å². The van der Waals surface area contributed by atoms with Gasteiger partial charge < -0.3 is 10.6 Å². The number of nitrogens with one attached hydrogen (secondary N) is 2. The van der Waals surface area contributed by atoms with E-state index in [4.69, 9.17) is 0 Å². The van der Waals surface area contributed by atoms with E-state index in [2.05, 4.69) is 22.5 Å². The number of hydrogen-bond acceptors (Lipinski definition) is 3. The maximum Gasteiger partial charge on any atom is 0.252 e. The molecule has 1 aromatic carbocycles. The minimum atomic E-state index is -0.0407.